The molecule has 1 amide bonds. The van der Waals surface area contributed by atoms with Crippen molar-refractivity contribution < 1.29 is 13.6 Å². The molecule has 0 saturated carbocycles. The zero-order valence-corrected chi connectivity index (χ0v) is 12.1. The van der Waals surface area contributed by atoms with Crippen LogP contribution in [0.5, 0.6) is 0 Å². The predicted molar refractivity (Wildman–Crippen MR) is 76.1 cm³/mol. The van der Waals surface area contributed by atoms with Crippen LogP contribution in [0.25, 0.3) is 0 Å². The zero-order chi connectivity index (χ0) is 15.7. The molecule has 1 atom stereocenters. The van der Waals surface area contributed by atoms with Crippen molar-refractivity contribution in [1.82, 2.24) is 14.9 Å². The van der Waals surface area contributed by atoms with Gasteiger partial charge in [0.1, 0.15) is 17.5 Å². The molecule has 2 aromatic rings. The van der Waals surface area contributed by atoms with Gasteiger partial charge in [0.25, 0.3) is 5.91 Å². The number of aromatic nitrogens is 2. The van der Waals surface area contributed by atoms with Gasteiger partial charge in [-0.2, -0.15) is 0 Å². The first-order valence-corrected chi connectivity index (χ1v) is 7.12. The number of carbonyl (C=O) groups excluding carboxylic acids is 1. The van der Waals surface area contributed by atoms with Gasteiger partial charge in [-0.05, 0) is 44.0 Å². The van der Waals surface area contributed by atoms with Gasteiger partial charge in [0.2, 0.25) is 0 Å². The Morgan fingerprint density at radius 1 is 1.32 bits per heavy atom. The lowest BCUT2D eigenvalue weighted by Gasteiger charge is -2.24. The SMILES string of the molecule is Cc1nccc(C2CCCN2C(=O)c2cc(F)ccc2F)n1. The van der Waals surface area contributed by atoms with Crippen molar-refractivity contribution in [3.63, 3.8) is 0 Å². The van der Waals surface area contributed by atoms with Crippen molar-refractivity contribution in [2.75, 3.05) is 6.54 Å². The largest absolute Gasteiger partial charge is 0.330 e. The molecule has 114 valence electrons. The van der Waals surface area contributed by atoms with Crippen molar-refractivity contribution in [3.8, 4) is 0 Å². The summed E-state index contributed by atoms with van der Waals surface area (Å²) in [6.07, 6.45) is 3.19. The van der Waals surface area contributed by atoms with Crippen LogP contribution in [0, 0.1) is 18.6 Å². The lowest BCUT2D eigenvalue weighted by atomic mass is 10.1. The van der Waals surface area contributed by atoms with Crippen molar-refractivity contribution >= 4 is 5.91 Å². The first kappa shape index (κ1) is 14.6. The molecule has 1 aromatic carbocycles. The van der Waals surface area contributed by atoms with E-state index in [1.54, 1.807) is 24.1 Å². The van der Waals surface area contributed by atoms with E-state index >= 15 is 0 Å². The Labute approximate surface area is 126 Å². The third-order valence-corrected chi connectivity index (χ3v) is 3.81. The number of hydrogen-bond donors (Lipinski definition) is 0. The first-order chi connectivity index (χ1) is 10.6. The number of amides is 1. The highest BCUT2D eigenvalue weighted by Crippen LogP contribution is 2.32. The Kier molecular flexibility index (Phi) is 3.83. The topological polar surface area (TPSA) is 46.1 Å². The number of hydrogen-bond acceptors (Lipinski definition) is 3. The van der Waals surface area contributed by atoms with Crippen molar-refractivity contribution in [2.45, 2.75) is 25.8 Å². The standard InChI is InChI=1S/C16H15F2N3O/c1-10-19-7-6-14(20-10)15-3-2-8-21(15)16(22)12-9-11(17)4-5-13(12)18/h4-7,9,15H,2-3,8H2,1H3. The smallest absolute Gasteiger partial charge is 0.257 e. The van der Waals surface area contributed by atoms with Crippen LogP contribution < -0.4 is 0 Å². The van der Waals surface area contributed by atoms with E-state index in [2.05, 4.69) is 9.97 Å². The summed E-state index contributed by atoms with van der Waals surface area (Å²) in [4.78, 5) is 22.5. The van der Waals surface area contributed by atoms with Crippen LogP contribution in [0.1, 0.15) is 40.8 Å². The van der Waals surface area contributed by atoms with E-state index in [0.717, 1.165) is 36.7 Å². The van der Waals surface area contributed by atoms with E-state index in [-0.39, 0.29) is 11.6 Å². The monoisotopic (exact) mass is 303 g/mol. The minimum atomic E-state index is -0.712. The summed E-state index contributed by atoms with van der Waals surface area (Å²) < 4.78 is 27.1. The Bertz CT molecular complexity index is 720. The number of benzene rings is 1. The van der Waals surface area contributed by atoms with Gasteiger partial charge in [-0.25, -0.2) is 18.7 Å². The number of halogens is 2. The summed E-state index contributed by atoms with van der Waals surface area (Å²) in [6.45, 7) is 2.28. The maximum atomic E-state index is 13.8. The highest BCUT2D eigenvalue weighted by Gasteiger charge is 2.32. The predicted octanol–water partition coefficient (Wildman–Crippen LogP) is 3.04. The average Bonchev–Trinajstić information content (AvgIpc) is 2.98. The summed E-state index contributed by atoms with van der Waals surface area (Å²) in [7, 11) is 0. The maximum Gasteiger partial charge on any atom is 0.257 e. The molecule has 4 nitrogen and oxygen atoms in total. The average molecular weight is 303 g/mol. The van der Waals surface area contributed by atoms with Crippen LogP contribution in [-0.2, 0) is 0 Å². The quantitative estimate of drug-likeness (QED) is 0.856. The molecule has 6 heteroatoms. The Balaban J connectivity index is 1.93. The molecule has 22 heavy (non-hydrogen) atoms. The molecule has 1 aliphatic heterocycles. The third-order valence-electron chi connectivity index (χ3n) is 3.81. The fourth-order valence-corrected chi connectivity index (χ4v) is 2.79. The summed E-state index contributed by atoms with van der Waals surface area (Å²) >= 11 is 0. The lowest BCUT2D eigenvalue weighted by molar-refractivity contribution is 0.0727. The molecule has 1 aromatic heterocycles. The van der Waals surface area contributed by atoms with Crippen LogP contribution in [0.15, 0.2) is 30.5 Å². The lowest BCUT2D eigenvalue weighted by Crippen LogP contribution is -2.31. The van der Waals surface area contributed by atoms with E-state index in [1.807, 2.05) is 0 Å². The van der Waals surface area contributed by atoms with Gasteiger partial charge in [-0.1, -0.05) is 0 Å². The van der Waals surface area contributed by atoms with Crippen LogP contribution in [-0.4, -0.2) is 27.3 Å². The van der Waals surface area contributed by atoms with Gasteiger partial charge >= 0.3 is 0 Å². The fraction of sp³-hybridized carbons (Fsp3) is 0.312. The fourth-order valence-electron chi connectivity index (χ4n) is 2.79. The molecule has 1 unspecified atom stereocenters. The molecule has 0 bridgehead atoms. The van der Waals surface area contributed by atoms with E-state index in [9.17, 15) is 13.6 Å². The highest BCUT2D eigenvalue weighted by molar-refractivity contribution is 5.95. The minimum absolute atomic E-state index is 0.225. The molecule has 0 N–H and O–H groups in total. The Morgan fingerprint density at radius 2 is 2.14 bits per heavy atom. The molecule has 0 aliphatic carbocycles. The Morgan fingerprint density at radius 3 is 2.91 bits per heavy atom. The van der Waals surface area contributed by atoms with Gasteiger partial charge in [0, 0.05) is 12.7 Å². The van der Waals surface area contributed by atoms with Gasteiger partial charge in [-0.3, -0.25) is 4.79 Å². The first-order valence-electron chi connectivity index (χ1n) is 7.12. The molecule has 0 radical (unpaired) electrons. The molecule has 3 rings (SSSR count). The highest BCUT2D eigenvalue weighted by atomic mass is 19.1. The van der Waals surface area contributed by atoms with Crippen LogP contribution >= 0.6 is 0 Å². The molecular formula is C16H15F2N3O. The van der Waals surface area contributed by atoms with Crippen LogP contribution in [0.2, 0.25) is 0 Å². The van der Waals surface area contributed by atoms with Gasteiger partial charge in [-0.15, -0.1) is 0 Å². The van der Waals surface area contributed by atoms with Gasteiger partial charge in [0.15, 0.2) is 0 Å². The number of rotatable bonds is 2. The number of aryl methyl sites for hydroxylation is 1. The zero-order valence-electron chi connectivity index (χ0n) is 12.1. The second kappa shape index (κ2) is 5.79. The van der Waals surface area contributed by atoms with Gasteiger partial charge in [0.05, 0.1) is 17.3 Å². The summed E-state index contributed by atoms with van der Waals surface area (Å²) in [5.74, 6) is -1.22. The van der Waals surface area contributed by atoms with Crippen molar-refractivity contribution in [1.29, 1.82) is 0 Å². The van der Waals surface area contributed by atoms with Crippen molar-refractivity contribution in [2.24, 2.45) is 0 Å². The molecule has 2 heterocycles. The van der Waals surface area contributed by atoms with E-state index in [1.165, 1.54) is 0 Å². The summed E-state index contributed by atoms with van der Waals surface area (Å²) in [5.41, 5.74) is 0.493. The number of nitrogens with zero attached hydrogens (tertiary/aromatic N) is 3. The second-order valence-electron chi connectivity index (χ2n) is 5.31. The minimum Gasteiger partial charge on any atom is -0.330 e. The molecular weight excluding hydrogens is 288 g/mol. The molecule has 1 aliphatic rings. The summed E-state index contributed by atoms with van der Waals surface area (Å²) in [6, 6.07) is 4.45. The number of carbonyl (C=O) groups is 1. The third kappa shape index (κ3) is 2.68. The van der Waals surface area contributed by atoms with Gasteiger partial charge < -0.3 is 4.90 Å². The maximum absolute atomic E-state index is 13.8. The normalized spacial score (nSPS) is 17.8. The molecule has 0 spiro atoms. The summed E-state index contributed by atoms with van der Waals surface area (Å²) in [5, 5.41) is 0. The van der Waals surface area contributed by atoms with E-state index in [0.29, 0.717) is 12.4 Å². The van der Waals surface area contributed by atoms with Crippen molar-refractivity contribution in [3.05, 3.63) is 59.2 Å². The number of likely N-dealkylation sites (tertiary alicyclic amines) is 1. The van der Waals surface area contributed by atoms with E-state index < -0.39 is 17.5 Å². The Hall–Kier alpha value is -2.37. The van der Waals surface area contributed by atoms with E-state index in [4.69, 9.17) is 0 Å². The van der Waals surface area contributed by atoms with Crippen LogP contribution in [0.3, 0.4) is 0 Å². The second-order valence-corrected chi connectivity index (χ2v) is 5.31. The molecule has 1 saturated heterocycles. The van der Waals surface area contributed by atoms with Crippen LogP contribution in [0.4, 0.5) is 8.78 Å². The molecule has 1 fully saturated rings.